The molecule has 2 heterocycles. The highest BCUT2D eigenvalue weighted by Crippen LogP contribution is 2.23. The van der Waals surface area contributed by atoms with Crippen LogP contribution in [0.5, 0.6) is 0 Å². The van der Waals surface area contributed by atoms with Gasteiger partial charge in [0.05, 0.1) is 5.69 Å². The number of imidazole rings is 1. The van der Waals surface area contributed by atoms with Gasteiger partial charge >= 0.3 is 0 Å². The van der Waals surface area contributed by atoms with Crippen molar-refractivity contribution in [2.75, 3.05) is 5.32 Å². The van der Waals surface area contributed by atoms with Crippen LogP contribution >= 0.6 is 11.3 Å². The predicted molar refractivity (Wildman–Crippen MR) is 117 cm³/mol. The van der Waals surface area contributed by atoms with E-state index in [1.807, 2.05) is 70.7 Å². The van der Waals surface area contributed by atoms with Crippen molar-refractivity contribution in [2.45, 2.75) is 26.2 Å². The summed E-state index contributed by atoms with van der Waals surface area (Å²) in [6, 6.07) is 15.1. The summed E-state index contributed by atoms with van der Waals surface area (Å²) < 4.78 is 1.99. The number of hydrogen-bond donors (Lipinski definition) is 1. The second-order valence-electron chi connectivity index (χ2n) is 6.82. The molecular weight excluding hydrogens is 382 g/mol. The molecule has 0 saturated heterocycles. The zero-order valence-electron chi connectivity index (χ0n) is 16.1. The van der Waals surface area contributed by atoms with Gasteiger partial charge in [0.25, 0.3) is 0 Å². The summed E-state index contributed by atoms with van der Waals surface area (Å²) in [5.74, 6) is -0.184. The van der Waals surface area contributed by atoms with Crippen LogP contribution in [0, 0.1) is 0 Å². The Kier molecular flexibility index (Phi) is 5.53. The number of carbonyl (C=O) groups is 2. The average Bonchev–Trinajstić information content (AvgIpc) is 3.35. The molecule has 6 heteroatoms. The van der Waals surface area contributed by atoms with Gasteiger partial charge in [-0.1, -0.05) is 43.3 Å². The van der Waals surface area contributed by atoms with Crippen LogP contribution in [0.1, 0.15) is 35.7 Å². The molecule has 0 fully saturated rings. The van der Waals surface area contributed by atoms with Gasteiger partial charge in [-0.2, -0.15) is 0 Å². The SMILES string of the molecule is CCc1ccc(C(=O)CCC(=O)Nc2ccc(-c3cn4ccsc4n3)cc2)cc1. The van der Waals surface area contributed by atoms with Crippen LogP contribution in [-0.2, 0) is 11.2 Å². The zero-order valence-corrected chi connectivity index (χ0v) is 16.9. The topological polar surface area (TPSA) is 63.5 Å². The molecular formula is C23H21N3O2S. The molecule has 0 unspecified atom stereocenters. The summed E-state index contributed by atoms with van der Waals surface area (Å²) in [7, 11) is 0. The van der Waals surface area contributed by atoms with E-state index in [2.05, 4.69) is 17.2 Å². The summed E-state index contributed by atoms with van der Waals surface area (Å²) in [4.78, 5) is 30.0. The molecule has 146 valence electrons. The molecule has 4 aromatic rings. The van der Waals surface area contributed by atoms with E-state index < -0.39 is 0 Å². The summed E-state index contributed by atoms with van der Waals surface area (Å²) >= 11 is 1.59. The Morgan fingerprint density at radius 1 is 1.03 bits per heavy atom. The molecule has 0 radical (unpaired) electrons. The third kappa shape index (κ3) is 4.43. The van der Waals surface area contributed by atoms with E-state index in [9.17, 15) is 9.59 Å². The Morgan fingerprint density at radius 2 is 1.79 bits per heavy atom. The Balaban J connectivity index is 1.32. The third-order valence-corrected chi connectivity index (χ3v) is 5.59. The van der Waals surface area contributed by atoms with Gasteiger partial charge in [-0.3, -0.25) is 14.0 Å². The first kappa shape index (κ1) is 19.1. The molecule has 1 amide bonds. The number of rotatable bonds is 7. The molecule has 29 heavy (non-hydrogen) atoms. The van der Waals surface area contributed by atoms with Crippen LogP contribution in [0.4, 0.5) is 5.69 Å². The predicted octanol–water partition coefficient (Wildman–Crippen LogP) is 5.23. The largest absolute Gasteiger partial charge is 0.326 e. The number of nitrogens with zero attached hydrogens (tertiary/aromatic N) is 2. The fourth-order valence-corrected chi connectivity index (χ4v) is 3.81. The van der Waals surface area contributed by atoms with E-state index in [-0.39, 0.29) is 24.5 Å². The van der Waals surface area contributed by atoms with Crippen LogP contribution in [0.3, 0.4) is 0 Å². The lowest BCUT2D eigenvalue weighted by atomic mass is 10.0. The van der Waals surface area contributed by atoms with Crippen molar-refractivity contribution in [1.29, 1.82) is 0 Å². The minimum atomic E-state index is -0.168. The number of aromatic nitrogens is 2. The van der Waals surface area contributed by atoms with Crippen molar-refractivity contribution in [3.8, 4) is 11.3 Å². The number of Topliss-reactive ketones (excluding diaryl/α,β-unsaturated/α-hetero) is 1. The van der Waals surface area contributed by atoms with E-state index in [0.717, 1.165) is 22.6 Å². The quantitative estimate of drug-likeness (QED) is 0.430. The van der Waals surface area contributed by atoms with Gasteiger partial charge in [-0.05, 0) is 24.1 Å². The van der Waals surface area contributed by atoms with Crippen molar-refractivity contribution in [3.05, 3.63) is 77.4 Å². The first-order valence-electron chi connectivity index (χ1n) is 9.57. The lowest BCUT2D eigenvalue weighted by molar-refractivity contribution is -0.116. The molecule has 0 aliphatic rings. The van der Waals surface area contributed by atoms with E-state index >= 15 is 0 Å². The molecule has 2 aromatic carbocycles. The number of aryl methyl sites for hydroxylation is 1. The van der Waals surface area contributed by atoms with Crippen molar-refractivity contribution >= 4 is 33.7 Å². The Morgan fingerprint density at radius 3 is 2.48 bits per heavy atom. The molecule has 0 aliphatic heterocycles. The van der Waals surface area contributed by atoms with E-state index in [4.69, 9.17) is 0 Å². The van der Waals surface area contributed by atoms with E-state index in [1.54, 1.807) is 11.3 Å². The minimum absolute atomic E-state index is 0.0158. The monoisotopic (exact) mass is 403 g/mol. The maximum Gasteiger partial charge on any atom is 0.224 e. The van der Waals surface area contributed by atoms with Crippen LogP contribution in [0.25, 0.3) is 16.2 Å². The van der Waals surface area contributed by atoms with Crippen molar-refractivity contribution in [2.24, 2.45) is 0 Å². The number of thiazole rings is 1. The van der Waals surface area contributed by atoms with Gasteiger partial charge in [0, 0.05) is 47.4 Å². The number of anilines is 1. The maximum absolute atomic E-state index is 12.3. The lowest BCUT2D eigenvalue weighted by Gasteiger charge is -2.06. The van der Waals surface area contributed by atoms with Gasteiger partial charge in [-0.25, -0.2) is 4.98 Å². The van der Waals surface area contributed by atoms with Crippen LogP contribution in [0.2, 0.25) is 0 Å². The number of nitrogens with one attached hydrogen (secondary N) is 1. The van der Waals surface area contributed by atoms with Gasteiger partial charge in [0.15, 0.2) is 10.7 Å². The van der Waals surface area contributed by atoms with Crippen molar-refractivity contribution in [3.63, 3.8) is 0 Å². The van der Waals surface area contributed by atoms with Crippen molar-refractivity contribution < 1.29 is 9.59 Å². The molecule has 0 atom stereocenters. The molecule has 0 spiro atoms. The number of benzene rings is 2. The van der Waals surface area contributed by atoms with Crippen LogP contribution in [0.15, 0.2) is 66.3 Å². The number of fused-ring (bicyclic) bond motifs is 1. The van der Waals surface area contributed by atoms with Crippen molar-refractivity contribution in [1.82, 2.24) is 9.38 Å². The summed E-state index contributed by atoms with van der Waals surface area (Å²) in [5.41, 5.74) is 4.44. The standard InChI is InChI=1S/C23H21N3O2S/c1-2-16-3-5-18(6-4-16)21(27)11-12-22(28)24-19-9-7-17(8-10-19)20-15-26-13-14-29-23(26)25-20/h3-10,13-15H,2,11-12H2,1H3,(H,24,28). The minimum Gasteiger partial charge on any atom is -0.326 e. The highest BCUT2D eigenvalue weighted by molar-refractivity contribution is 7.15. The number of ketones is 1. The fourth-order valence-electron chi connectivity index (χ4n) is 3.11. The number of carbonyl (C=O) groups excluding carboxylic acids is 2. The molecule has 0 aliphatic carbocycles. The third-order valence-electron chi connectivity index (χ3n) is 4.82. The molecule has 0 bridgehead atoms. The van der Waals surface area contributed by atoms with Gasteiger partial charge < -0.3 is 5.32 Å². The smallest absolute Gasteiger partial charge is 0.224 e. The summed E-state index contributed by atoms with van der Waals surface area (Å²) in [6.45, 7) is 2.07. The van der Waals surface area contributed by atoms with E-state index in [1.165, 1.54) is 5.56 Å². The molecule has 4 rings (SSSR count). The van der Waals surface area contributed by atoms with Gasteiger partial charge in [-0.15, -0.1) is 11.3 Å². The Hall–Kier alpha value is -3.25. The maximum atomic E-state index is 12.3. The first-order valence-corrected chi connectivity index (χ1v) is 10.4. The van der Waals surface area contributed by atoms with E-state index in [0.29, 0.717) is 11.3 Å². The molecule has 2 aromatic heterocycles. The van der Waals surface area contributed by atoms with Crippen LogP contribution in [-0.4, -0.2) is 21.1 Å². The second-order valence-corrected chi connectivity index (χ2v) is 7.69. The molecule has 5 nitrogen and oxygen atoms in total. The molecule has 1 N–H and O–H groups in total. The second kappa shape index (κ2) is 8.41. The zero-order chi connectivity index (χ0) is 20.2. The summed E-state index contributed by atoms with van der Waals surface area (Å²) in [5, 5.41) is 4.85. The molecule has 0 saturated carbocycles. The number of hydrogen-bond acceptors (Lipinski definition) is 4. The highest BCUT2D eigenvalue weighted by Gasteiger charge is 2.10. The number of amides is 1. The van der Waals surface area contributed by atoms with Crippen LogP contribution < -0.4 is 5.32 Å². The Bertz CT molecular complexity index is 1110. The fraction of sp³-hybridized carbons (Fsp3) is 0.174. The highest BCUT2D eigenvalue weighted by atomic mass is 32.1. The Labute approximate surface area is 173 Å². The lowest BCUT2D eigenvalue weighted by Crippen LogP contribution is -2.13. The average molecular weight is 404 g/mol. The van der Waals surface area contributed by atoms with Gasteiger partial charge in [0.2, 0.25) is 5.91 Å². The van der Waals surface area contributed by atoms with Gasteiger partial charge in [0.1, 0.15) is 0 Å². The summed E-state index contributed by atoms with van der Waals surface area (Å²) in [6.07, 6.45) is 5.26. The normalized spacial score (nSPS) is 10.9. The first-order chi connectivity index (χ1) is 14.1.